The number of nitrogens with one attached hydrogen (secondary N) is 1. The third kappa shape index (κ3) is 3.35. The molecule has 2 fully saturated rings. The van der Waals surface area contributed by atoms with E-state index in [9.17, 15) is 4.79 Å². The summed E-state index contributed by atoms with van der Waals surface area (Å²) in [5, 5.41) is 5.63. The van der Waals surface area contributed by atoms with Gasteiger partial charge in [-0.1, -0.05) is 18.9 Å². The zero-order valence-electron chi connectivity index (χ0n) is 11.9. The lowest BCUT2D eigenvalue weighted by Gasteiger charge is -2.24. The molecule has 0 aromatic carbocycles. The summed E-state index contributed by atoms with van der Waals surface area (Å²) in [4.78, 5) is 15.6. The Morgan fingerprint density at radius 1 is 1.45 bits per heavy atom. The lowest BCUT2D eigenvalue weighted by Crippen LogP contribution is -2.43. The van der Waals surface area contributed by atoms with Gasteiger partial charge in [-0.3, -0.25) is 4.79 Å². The maximum atomic E-state index is 12.5. The van der Waals surface area contributed by atoms with E-state index in [2.05, 4.69) is 16.8 Å². The minimum atomic E-state index is 0. The van der Waals surface area contributed by atoms with Gasteiger partial charge in [-0.2, -0.15) is 0 Å². The van der Waals surface area contributed by atoms with Crippen LogP contribution in [-0.4, -0.2) is 29.9 Å². The highest BCUT2D eigenvalue weighted by Crippen LogP contribution is 2.33. The first-order chi connectivity index (χ1) is 9.24. The summed E-state index contributed by atoms with van der Waals surface area (Å²) in [5.41, 5.74) is 0. The summed E-state index contributed by atoms with van der Waals surface area (Å²) < 4.78 is 0. The van der Waals surface area contributed by atoms with Crippen LogP contribution < -0.4 is 5.32 Å². The standard InChI is InChI=1S/C15H22N2OS.ClH/c1-17(10-12-6-4-8-19-12)15(18)14-9-11-5-2-3-7-13(11)16-14;/h4,6,8,11,13-14,16H,2-3,5,7,9-10H2,1H3;1H. The van der Waals surface area contributed by atoms with Gasteiger partial charge >= 0.3 is 0 Å². The molecule has 2 aliphatic rings. The van der Waals surface area contributed by atoms with Crippen LogP contribution in [0.5, 0.6) is 0 Å². The topological polar surface area (TPSA) is 32.3 Å². The molecule has 2 heterocycles. The number of carbonyl (C=O) groups is 1. The van der Waals surface area contributed by atoms with Gasteiger partial charge in [-0.15, -0.1) is 23.7 Å². The van der Waals surface area contributed by atoms with Crippen LogP contribution in [0.1, 0.15) is 37.0 Å². The maximum absolute atomic E-state index is 12.5. The molecule has 3 atom stereocenters. The van der Waals surface area contributed by atoms with Gasteiger partial charge in [0.2, 0.25) is 5.91 Å². The molecule has 1 aromatic rings. The average Bonchev–Trinajstić information content (AvgIpc) is 3.05. The Labute approximate surface area is 131 Å². The van der Waals surface area contributed by atoms with Crippen LogP contribution in [0, 0.1) is 5.92 Å². The van der Waals surface area contributed by atoms with Crippen LogP contribution in [0.3, 0.4) is 0 Å². The fraction of sp³-hybridized carbons (Fsp3) is 0.667. The van der Waals surface area contributed by atoms with Gasteiger partial charge in [-0.25, -0.2) is 0 Å². The number of halogens is 1. The Morgan fingerprint density at radius 2 is 2.25 bits per heavy atom. The van der Waals surface area contributed by atoms with Gasteiger partial charge in [0.05, 0.1) is 12.6 Å². The minimum Gasteiger partial charge on any atom is -0.339 e. The molecule has 1 aromatic heterocycles. The van der Waals surface area contributed by atoms with Crippen LogP contribution in [0.25, 0.3) is 0 Å². The molecule has 1 amide bonds. The number of carbonyl (C=O) groups excluding carboxylic acids is 1. The van der Waals surface area contributed by atoms with Gasteiger partial charge in [-0.05, 0) is 36.6 Å². The molecule has 0 radical (unpaired) electrons. The average molecular weight is 315 g/mol. The van der Waals surface area contributed by atoms with E-state index in [4.69, 9.17) is 0 Å². The van der Waals surface area contributed by atoms with Gasteiger partial charge in [0, 0.05) is 18.0 Å². The monoisotopic (exact) mass is 314 g/mol. The van der Waals surface area contributed by atoms with Crippen molar-refractivity contribution in [1.29, 1.82) is 0 Å². The van der Waals surface area contributed by atoms with Gasteiger partial charge in [0.1, 0.15) is 0 Å². The minimum absolute atomic E-state index is 0. The van der Waals surface area contributed by atoms with E-state index >= 15 is 0 Å². The normalized spacial score (nSPS) is 28.6. The van der Waals surface area contributed by atoms with Crippen LogP contribution in [0.4, 0.5) is 0 Å². The van der Waals surface area contributed by atoms with Crippen molar-refractivity contribution in [3.05, 3.63) is 22.4 Å². The Hall–Kier alpha value is -0.580. The number of rotatable bonds is 3. The van der Waals surface area contributed by atoms with Gasteiger partial charge in [0.25, 0.3) is 0 Å². The molecule has 3 nitrogen and oxygen atoms in total. The molecule has 1 aliphatic carbocycles. The van der Waals surface area contributed by atoms with Gasteiger partial charge < -0.3 is 10.2 Å². The number of hydrogen-bond acceptors (Lipinski definition) is 3. The largest absolute Gasteiger partial charge is 0.339 e. The highest BCUT2D eigenvalue weighted by atomic mass is 35.5. The SMILES string of the molecule is CN(Cc1cccs1)C(=O)C1CC2CCCCC2N1.Cl. The van der Waals surface area contributed by atoms with Crippen LogP contribution in [0.15, 0.2) is 17.5 Å². The third-order valence-electron chi connectivity index (χ3n) is 4.51. The molecule has 112 valence electrons. The molecule has 1 saturated carbocycles. The summed E-state index contributed by atoms with van der Waals surface area (Å²) in [5.74, 6) is 1.00. The van der Waals surface area contributed by atoms with Crippen LogP contribution in [0.2, 0.25) is 0 Å². The van der Waals surface area contributed by atoms with E-state index in [-0.39, 0.29) is 24.4 Å². The molecule has 20 heavy (non-hydrogen) atoms. The van der Waals surface area contributed by atoms with Crippen molar-refractivity contribution in [1.82, 2.24) is 10.2 Å². The van der Waals surface area contributed by atoms with Crippen molar-refractivity contribution in [3.8, 4) is 0 Å². The number of amides is 1. The summed E-state index contributed by atoms with van der Waals surface area (Å²) in [6, 6.07) is 4.78. The van der Waals surface area contributed by atoms with E-state index in [0.717, 1.165) is 18.9 Å². The molecule has 0 bridgehead atoms. The van der Waals surface area contributed by atoms with Crippen LogP contribution >= 0.6 is 23.7 Å². The van der Waals surface area contributed by atoms with E-state index < -0.39 is 0 Å². The van der Waals surface area contributed by atoms with E-state index in [1.54, 1.807) is 11.3 Å². The zero-order valence-corrected chi connectivity index (χ0v) is 13.5. The molecular weight excluding hydrogens is 292 g/mol. The second-order valence-corrected chi connectivity index (χ2v) is 6.91. The summed E-state index contributed by atoms with van der Waals surface area (Å²) in [6.45, 7) is 0.740. The quantitative estimate of drug-likeness (QED) is 0.930. The van der Waals surface area contributed by atoms with E-state index in [1.807, 2.05) is 18.0 Å². The predicted octanol–water partition coefficient (Wildman–Crippen LogP) is 3.05. The zero-order chi connectivity index (χ0) is 13.2. The summed E-state index contributed by atoms with van der Waals surface area (Å²) >= 11 is 1.72. The van der Waals surface area contributed by atoms with Crippen molar-refractivity contribution >= 4 is 29.7 Å². The number of hydrogen-bond donors (Lipinski definition) is 1. The molecule has 5 heteroatoms. The van der Waals surface area contributed by atoms with Gasteiger partial charge in [0.15, 0.2) is 0 Å². The van der Waals surface area contributed by atoms with Crippen molar-refractivity contribution in [3.63, 3.8) is 0 Å². The smallest absolute Gasteiger partial charge is 0.239 e. The first-order valence-corrected chi connectivity index (χ1v) is 8.15. The molecular formula is C15H23ClN2OS. The Morgan fingerprint density at radius 3 is 2.95 bits per heavy atom. The van der Waals surface area contributed by atoms with Crippen molar-refractivity contribution in [2.75, 3.05) is 7.05 Å². The Bertz CT molecular complexity index is 423. The summed E-state index contributed by atoms with van der Waals surface area (Å²) in [7, 11) is 1.92. The fourth-order valence-corrected chi connectivity index (χ4v) is 4.25. The summed E-state index contributed by atoms with van der Waals surface area (Å²) in [6.07, 6.45) is 6.26. The number of likely N-dealkylation sites (N-methyl/N-ethyl adjacent to an activating group) is 1. The Balaban J connectivity index is 0.00000147. The second kappa shape index (κ2) is 6.92. The highest BCUT2D eigenvalue weighted by Gasteiger charge is 2.39. The highest BCUT2D eigenvalue weighted by molar-refractivity contribution is 7.09. The van der Waals surface area contributed by atoms with Crippen LogP contribution in [-0.2, 0) is 11.3 Å². The molecule has 3 rings (SSSR count). The molecule has 3 unspecified atom stereocenters. The number of thiophene rings is 1. The second-order valence-electron chi connectivity index (χ2n) is 5.88. The maximum Gasteiger partial charge on any atom is 0.239 e. The molecule has 1 saturated heterocycles. The molecule has 0 spiro atoms. The first kappa shape index (κ1) is 15.8. The predicted molar refractivity (Wildman–Crippen MR) is 85.3 cm³/mol. The Kier molecular flexibility index (Phi) is 5.47. The first-order valence-electron chi connectivity index (χ1n) is 7.27. The molecule has 1 aliphatic heterocycles. The number of nitrogens with zero attached hydrogens (tertiary/aromatic N) is 1. The van der Waals surface area contributed by atoms with Crippen molar-refractivity contribution in [2.24, 2.45) is 5.92 Å². The van der Waals surface area contributed by atoms with Crippen molar-refractivity contribution in [2.45, 2.75) is 50.7 Å². The van der Waals surface area contributed by atoms with E-state index in [0.29, 0.717) is 6.04 Å². The number of fused-ring (bicyclic) bond motifs is 1. The molecule has 1 N–H and O–H groups in total. The lowest BCUT2D eigenvalue weighted by atomic mass is 9.85. The third-order valence-corrected chi connectivity index (χ3v) is 5.37. The van der Waals surface area contributed by atoms with E-state index in [1.165, 1.54) is 30.6 Å². The fourth-order valence-electron chi connectivity index (χ4n) is 3.49. The lowest BCUT2D eigenvalue weighted by molar-refractivity contribution is -0.132. The van der Waals surface area contributed by atoms with Crippen molar-refractivity contribution < 1.29 is 4.79 Å².